The predicted octanol–water partition coefficient (Wildman–Crippen LogP) is 9.84. The molecule has 9 heteroatoms. The number of aliphatic hydroxyl groups excluding tert-OH is 1. The number of carbonyl (C=O) groups excluding carboxylic acids is 2. The van der Waals surface area contributed by atoms with Crippen LogP contribution in [0.2, 0.25) is 0 Å². The summed E-state index contributed by atoms with van der Waals surface area (Å²) in [6.07, 6.45) is 21.2. The minimum Gasteiger partial charge on any atom is -0.468 e. The van der Waals surface area contributed by atoms with Crippen LogP contribution in [0, 0.1) is 50.4 Å². The minimum atomic E-state index is -1.12. The molecule has 2 aliphatic heterocycles. The number of ketones is 1. The lowest BCUT2D eigenvalue weighted by Crippen LogP contribution is -2.25. The van der Waals surface area contributed by atoms with E-state index in [4.69, 9.17) is 9.47 Å². The zero-order valence-electron chi connectivity index (χ0n) is 38.6. The number of aromatic nitrogens is 3. The fourth-order valence-corrected chi connectivity index (χ4v) is 10.1. The Hall–Kier alpha value is -4.60. The van der Waals surface area contributed by atoms with Gasteiger partial charge in [0, 0.05) is 67.7 Å². The van der Waals surface area contributed by atoms with Gasteiger partial charge in [-0.2, -0.15) is 0 Å². The van der Waals surface area contributed by atoms with Crippen molar-refractivity contribution in [2.75, 3.05) is 13.7 Å². The Morgan fingerprint density at radius 3 is 2.28 bits per heavy atom. The first kappa shape index (κ1) is 45.9. The van der Waals surface area contributed by atoms with Crippen LogP contribution in [0.5, 0.6) is 0 Å². The van der Waals surface area contributed by atoms with E-state index in [1.165, 1.54) is 56.8 Å². The molecule has 1 aliphatic carbocycles. The van der Waals surface area contributed by atoms with Gasteiger partial charge >= 0.3 is 5.97 Å². The molecule has 0 spiro atoms. The topological polar surface area (TPSA) is 132 Å². The predicted molar refractivity (Wildman–Crippen MR) is 249 cm³/mol. The van der Waals surface area contributed by atoms with Gasteiger partial charge in [0.25, 0.3) is 0 Å². The maximum atomic E-state index is 14.4. The third-order valence-corrected chi connectivity index (χ3v) is 14.0. The van der Waals surface area contributed by atoms with E-state index in [0.717, 1.165) is 92.5 Å². The average molecular weight is 833 g/mol. The monoisotopic (exact) mass is 833 g/mol. The molecule has 8 bridgehead atoms. The van der Waals surface area contributed by atoms with E-state index in [2.05, 4.69) is 107 Å². The summed E-state index contributed by atoms with van der Waals surface area (Å²) in [6.45, 7) is 24.2. The third-order valence-electron chi connectivity index (χ3n) is 14.0. The van der Waals surface area contributed by atoms with Crippen molar-refractivity contribution in [3.8, 4) is 0 Å². The van der Waals surface area contributed by atoms with E-state index in [9.17, 15) is 14.7 Å². The zero-order valence-corrected chi connectivity index (χ0v) is 38.6. The van der Waals surface area contributed by atoms with Crippen molar-refractivity contribution in [1.82, 2.24) is 20.3 Å². The van der Waals surface area contributed by atoms with Gasteiger partial charge in [0.05, 0.1) is 19.4 Å². The van der Waals surface area contributed by atoms with Gasteiger partial charge in [-0.05, 0) is 112 Å². The molecule has 1 saturated heterocycles. The number of allylic oxidation sites excluding steroid dienone is 3. The summed E-state index contributed by atoms with van der Waals surface area (Å²) in [6, 6.07) is 0. The van der Waals surface area contributed by atoms with Crippen molar-refractivity contribution in [3.05, 3.63) is 96.5 Å². The molecule has 1 fully saturated rings. The molecule has 3 aliphatic rings. The lowest BCUT2D eigenvalue weighted by Gasteiger charge is -2.21. The maximum Gasteiger partial charge on any atom is 0.321 e. The van der Waals surface area contributed by atoms with Gasteiger partial charge in [-0.25, -0.2) is 0 Å². The van der Waals surface area contributed by atoms with Crippen LogP contribution in [0.3, 0.4) is 0 Å². The van der Waals surface area contributed by atoms with Crippen molar-refractivity contribution in [2.45, 2.75) is 139 Å². The normalized spacial score (nSPS) is 23.1. The summed E-state index contributed by atoms with van der Waals surface area (Å²) in [5.74, 6) is -0.609. The number of hydrogen-bond acceptors (Lipinski definition) is 6. The molecule has 3 aromatic rings. The smallest absolute Gasteiger partial charge is 0.321 e. The molecular formula is C52H72N4O5. The summed E-state index contributed by atoms with van der Waals surface area (Å²) < 4.78 is 11.3. The number of ether oxygens (including phenoxy) is 2. The fraction of sp³-hybridized carbons (Fsp3) is 0.538. The molecule has 5 N–H and O–H groups in total. The van der Waals surface area contributed by atoms with Gasteiger partial charge < -0.3 is 34.8 Å². The lowest BCUT2D eigenvalue weighted by atomic mass is 9.85. The third kappa shape index (κ3) is 9.73. The summed E-state index contributed by atoms with van der Waals surface area (Å²) >= 11 is 0. The summed E-state index contributed by atoms with van der Waals surface area (Å²) in [5, 5.41) is 16.9. The lowest BCUT2D eigenvalue weighted by molar-refractivity contribution is -0.141. The molecule has 1 unspecified atom stereocenters. The summed E-state index contributed by atoms with van der Waals surface area (Å²) in [7, 11) is 1.33. The van der Waals surface area contributed by atoms with Gasteiger partial charge in [0.15, 0.2) is 12.1 Å². The van der Waals surface area contributed by atoms with Crippen molar-refractivity contribution in [1.29, 1.82) is 0 Å². The number of esters is 1. The average Bonchev–Trinajstić information content (AvgIpc) is 3.97. The second kappa shape index (κ2) is 20.1. The van der Waals surface area contributed by atoms with E-state index >= 15 is 0 Å². The highest BCUT2D eigenvalue weighted by Gasteiger charge is 2.48. The molecule has 0 saturated carbocycles. The number of fused-ring (bicyclic) bond motifs is 7. The highest BCUT2D eigenvalue weighted by molar-refractivity contribution is 6.24. The number of hydrogen-bond donors (Lipinski definition) is 5. The Morgan fingerprint density at radius 2 is 1.59 bits per heavy atom. The summed E-state index contributed by atoms with van der Waals surface area (Å²) in [4.78, 5) is 39.0. The first-order chi connectivity index (χ1) is 29.2. The van der Waals surface area contributed by atoms with Crippen LogP contribution in [0.25, 0.3) is 29.9 Å². The van der Waals surface area contributed by atoms with Crippen LogP contribution in [-0.4, -0.2) is 51.8 Å². The van der Waals surface area contributed by atoms with Crippen LogP contribution >= 0.6 is 0 Å². The van der Waals surface area contributed by atoms with Crippen LogP contribution in [0.4, 0.5) is 0 Å². The largest absolute Gasteiger partial charge is 0.468 e. The fourth-order valence-electron chi connectivity index (χ4n) is 10.1. The molecule has 3 aromatic heterocycles. The molecule has 6 rings (SSSR count). The Kier molecular flexibility index (Phi) is 15.1. The van der Waals surface area contributed by atoms with Gasteiger partial charge in [-0.1, -0.05) is 97.4 Å². The maximum absolute atomic E-state index is 14.4. The molecule has 0 amide bonds. The molecular weight excluding hydrogens is 761 g/mol. The number of H-pyrrole nitrogens is 3. The van der Waals surface area contributed by atoms with E-state index in [-0.39, 0.29) is 17.6 Å². The number of aliphatic hydroxyl groups is 1. The SMILES string of the molecule is C=Cc1c2[nH]c(c1C)/C=C1\N/C(=C3\c4[nH]c(c(C)c4C(=O)[C@@H]3C(=O)OC)/C=c3\[nH]/c(c(C)c3CC)=C\2)[C@@H](CCC(O)OC/C=C(\C)CCC[C@H](C)CCC[C@H](C)CCC)[C@@H]1C. The van der Waals surface area contributed by atoms with Gasteiger partial charge in [-0.15, -0.1) is 0 Å². The Morgan fingerprint density at radius 1 is 0.902 bits per heavy atom. The number of aromatic amines is 3. The number of methoxy groups -OCH3 is 1. The summed E-state index contributed by atoms with van der Waals surface area (Å²) in [5.41, 5.74) is 12.8. The minimum absolute atomic E-state index is 0.0450. The van der Waals surface area contributed by atoms with E-state index in [0.29, 0.717) is 36.3 Å². The van der Waals surface area contributed by atoms with Gasteiger partial charge in [-0.3, -0.25) is 9.59 Å². The Bertz CT molecular complexity index is 2330. The Balaban J connectivity index is 1.28. The van der Waals surface area contributed by atoms with Crippen molar-refractivity contribution in [3.63, 3.8) is 0 Å². The number of rotatable bonds is 19. The van der Waals surface area contributed by atoms with Crippen LogP contribution < -0.4 is 16.0 Å². The van der Waals surface area contributed by atoms with E-state index in [1.54, 1.807) is 0 Å². The number of carbonyl (C=O) groups is 2. The van der Waals surface area contributed by atoms with Crippen molar-refractivity contribution in [2.24, 2.45) is 29.6 Å². The van der Waals surface area contributed by atoms with E-state index in [1.807, 2.05) is 13.0 Å². The molecule has 61 heavy (non-hydrogen) atoms. The van der Waals surface area contributed by atoms with Crippen LogP contribution in [0.1, 0.15) is 167 Å². The van der Waals surface area contributed by atoms with Crippen molar-refractivity contribution >= 4 is 41.6 Å². The number of Topliss-reactive ketones (excluding diaryl/α,β-unsaturated/α-hetero) is 1. The molecule has 330 valence electrons. The van der Waals surface area contributed by atoms with E-state index < -0.39 is 18.2 Å². The first-order valence-corrected chi connectivity index (χ1v) is 23.0. The highest BCUT2D eigenvalue weighted by atomic mass is 16.6. The molecule has 9 nitrogen and oxygen atoms in total. The quantitative estimate of drug-likeness (QED) is 0.0354. The number of nitrogens with one attached hydrogen (secondary N) is 4. The molecule has 0 aromatic carbocycles. The highest BCUT2D eigenvalue weighted by Crippen LogP contribution is 2.48. The molecule has 0 radical (unpaired) electrons. The molecule has 6 atom stereocenters. The standard InChI is InChI=1S/C52H72N4O5/c1-12-17-29(4)18-15-19-30(5)20-16-21-31(6)24-25-61-45(57)23-22-38-34(9)41-26-39-32(7)36(13-2)43(53-39)27-40-33(8)37(14-3)44(54-40)28-42-35(10)46-50(56-42)47(49(38)55-41)48(51(46)58)52(59)60-11/h13,24,26-30,34,38,45,48,53-57H,2,12,14-23,25H2,1,3-11H3/b31-24+,40-27-,41-26-,44-28-,49-47-/t29-,30-,34+,38+,45?,48-/m1/s1. The van der Waals surface area contributed by atoms with Gasteiger partial charge in [0.1, 0.15) is 5.92 Å². The van der Waals surface area contributed by atoms with Gasteiger partial charge in [0.2, 0.25) is 0 Å². The second-order valence-electron chi connectivity index (χ2n) is 18.3. The second-order valence-corrected chi connectivity index (χ2v) is 18.3. The van der Waals surface area contributed by atoms with Crippen LogP contribution in [0.15, 0.2) is 29.6 Å². The Labute approximate surface area is 364 Å². The molecule has 5 heterocycles. The zero-order chi connectivity index (χ0) is 44.1. The van der Waals surface area contributed by atoms with Crippen molar-refractivity contribution < 1.29 is 24.2 Å². The van der Waals surface area contributed by atoms with Crippen LogP contribution in [-0.2, 0) is 20.7 Å². The first-order valence-electron chi connectivity index (χ1n) is 23.0.